The largest absolute Gasteiger partial charge is 0.497 e. The van der Waals surface area contributed by atoms with Crippen LogP contribution in [-0.2, 0) is 0 Å². The molecule has 8 nitrogen and oxygen atoms in total. The summed E-state index contributed by atoms with van der Waals surface area (Å²) in [6, 6.07) is 13.0. The summed E-state index contributed by atoms with van der Waals surface area (Å²) < 4.78 is 15.3. The number of aromatic nitrogens is 1. The van der Waals surface area contributed by atoms with Crippen LogP contribution in [0.15, 0.2) is 53.1 Å². The minimum atomic E-state index is -0.398. The van der Waals surface area contributed by atoms with Crippen LogP contribution in [0, 0.1) is 6.92 Å². The van der Waals surface area contributed by atoms with Crippen LogP contribution in [-0.4, -0.2) is 31.2 Å². The van der Waals surface area contributed by atoms with E-state index in [0.29, 0.717) is 39.9 Å². The molecule has 0 aliphatic heterocycles. The average molecular weight is 381 g/mol. The number of amides is 2. The van der Waals surface area contributed by atoms with Crippen molar-refractivity contribution in [1.82, 2.24) is 5.16 Å². The zero-order chi connectivity index (χ0) is 20.1. The summed E-state index contributed by atoms with van der Waals surface area (Å²) >= 11 is 0. The Labute approximate surface area is 161 Å². The molecule has 0 saturated heterocycles. The topological polar surface area (TPSA) is 103 Å². The number of aryl methyl sites for hydroxylation is 1. The van der Waals surface area contributed by atoms with E-state index >= 15 is 0 Å². The van der Waals surface area contributed by atoms with Crippen LogP contribution >= 0.6 is 0 Å². The van der Waals surface area contributed by atoms with Crippen molar-refractivity contribution in [1.29, 1.82) is 0 Å². The Balaban J connectivity index is 1.76. The van der Waals surface area contributed by atoms with E-state index in [2.05, 4.69) is 15.8 Å². The Morgan fingerprint density at radius 3 is 2.25 bits per heavy atom. The molecule has 8 heteroatoms. The van der Waals surface area contributed by atoms with Crippen molar-refractivity contribution in [2.45, 2.75) is 6.92 Å². The first-order chi connectivity index (χ1) is 13.5. The van der Waals surface area contributed by atoms with Gasteiger partial charge < -0.3 is 24.6 Å². The summed E-state index contributed by atoms with van der Waals surface area (Å²) in [4.78, 5) is 25.0. The molecule has 144 valence electrons. The lowest BCUT2D eigenvalue weighted by molar-refractivity contribution is 0.102. The molecule has 0 aliphatic rings. The minimum absolute atomic E-state index is 0.306. The molecular formula is C20H19N3O5. The van der Waals surface area contributed by atoms with E-state index in [1.54, 1.807) is 56.5 Å². The summed E-state index contributed by atoms with van der Waals surface area (Å²) in [5.74, 6) is 1.18. The molecule has 0 atom stereocenters. The van der Waals surface area contributed by atoms with Gasteiger partial charge in [-0.3, -0.25) is 9.59 Å². The summed E-state index contributed by atoms with van der Waals surface area (Å²) in [6.07, 6.45) is 0. The summed E-state index contributed by atoms with van der Waals surface area (Å²) in [7, 11) is 3.05. The van der Waals surface area contributed by atoms with Gasteiger partial charge in [-0.25, -0.2) is 0 Å². The Kier molecular flexibility index (Phi) is 5.59. The maximum absolute atomic E-state index is 12.6. The number of ether oxygens (including phenoxy) is 2. The zero-order valence-corrected chi connectivity index (χ0v) is 15.6. The minimum Gasteiger partial charge on any atom is -0.497 e. The molecule has 0 unspecified atom stereocenters. The lowest BCUT2D eigenvalue weighted by Crippen LogP contribution is -2.16. The molecule has 3 rings (SSSR count). The number of benzene rings is 2. The van der Waals surface area contributed by atoms with E-state index in [0.717, 1.165) is 0 Å². The number of hydrogen-bond acceptors (Lipinski definition) is 6. The van der Waals surface area contributed by atoms with Gasteiger partial charge in [0.1, 0.15) is 17.3 Å². The third kappa shape index (κ3) is 4.29. The molecule has 0 bridgehead atoms. The van der Waals surface area contributed by atoms with Gasteiger partial charge in [-0.1, -0.05) is 11.2 Å². The molecule has 0 aliphatic carbocycles. The van der Waals surface area contributed by atoms with E-state index in [4.69, 9.17) is 14.0 Å². The molecule has 0 saturated carbocycles. The first-order valence-electron chi connectivity index (χ1n) is 8.38. The Hall–Kier alpha value is -3.81. The molecule has 1 heterocycles. The molecular weight excluding hydrogens is 362 g/mol. The number of methoxy groups -OCH3 is 2. The number of nitrogens with zero attached hydrogens (tertiary/aromatic N) is 1. The van der Waals surface area contributed by atoms with Crippen molar-refractivity contribution >= 4 is 23.3 Å². The lowest BCUT2D eigenvalue weighted by Gasteiger charge is -2.12. The Morgan fingerprint density at radius 2 is 1.64 bits per heavy atom. The van der Waals surface area contributed by atoms with Crippen LogP contribution in [0.4, 0.5) is 11.5 Å². The number of carbonyl (C=O) groups excluding carboxylic acids is 2. The number of anilines is 2. The fraction of sp³-hybridized carbons (Fsp3) is 0.150. The number of rotatable bonds is 6. The molecule has 2 aromatic carbocycles. The van der Waals surface area contributed by atoms with Crippen LogP contribution in [0.1, 0.15) is 26.5 Å². The third-order valence-electron chi connectivity index (χ3n) is 3.91. The van der Waals surface area contributed by atoms with Crippen molar-refractivity contribution in [2.75, 3.05) is 24.9 Å². The van der Waals surface area contributed by atoms with E-state index in [9.17, 15) is 9.59 Å². The van der Waals surface area contributed by atoms with Gasteiger partial charge in [0, 0.05) is 23.3 Å². The van der Waals surface area contributed by atoms with Crippen molar-refractivity contribution < 1.29 is 23.6 Å². The average Bonchev–Trinajstić information content (AvgIpc) is 3.12. The van der Waals surface area contributed by atoms with E-state index in [1.165, 1.54) is 13.2 Å². The van der Waals surface area contributed by atoms with Gasteiger partial charge in [0.05, 0.1) is 19.9 Å². The van der Waals surface area contributed by atoms with Crippen LogP contribution < -0.4 is 20.1 Å². The maximum Gasteiger partial charge on any atom is 0.256 e. The summed E-state index contributed by atoms with van der Waals surface area (Å²) in [5.41, 5.74) is 1.12. The van der Waals surface area contributed by atoms with Gasteiger partial charge >= 0.3 is 0 Å². The molecule has 0 spiro atoms. The number of carbonyl (C=O) groups is 2. The van der Waals surface area contributed by atoms with Crippen LogP contribution in [0.25, 0.3) is 0 Å². The van der Waals surface area contributed by atoms with Gasteiger partial charge in [-0.15, -0.1) is 0 Å². The highest BCUT2D eigenvalue weighted by atomic mass is 16.5. The molecule has 0 fully saturated rings. The van der Waals surface area contributed by atoms with Gasteiger partial charge in [-0.2, -0.15) is 0 Å². The van der Waals surface area contributed by atoms with Crippen LogP contribution in [0.5, 0.6) is 11.5 Å². The van der Waals surface area contributed by atoms with Crippen molar-refractivity contribution in [3.63, 3.8) is 0 Å². The first kappa shape index (κ1) is 19.0. The van der Waals surface area contributed by atoms with Crippen LogP contribution in [0.3, 0.4) is 0 Å². The fourth-order valence-electron chi connectivity index (χ4n) is 2.51. The molecule has 28 heavy (non-hydrogen) atoms. The highest BCUT2D eigenvalue weighted by molar-refractivity contribution is 6.08. The van der Waals surface area contributed by atoms with Gasteiger partial charge in [-0.05, 0) is 37.3 Å². The quantitative estimate of drug-likeness (QED) is 0.677. The second-order valence-corrected chi connectivity index (χ2v) is 5.88. The molecule has 3 aromatic rings. The summed E-state index contributed by atoms with van der Waals surface area (Å²) in [6.45, 7) is 1.72. The van der Waals surface area contributed by atoms with E-state index in [-0.39, 0.29) is 5.91 Å². The van der Waals surface area contributed by atoms with Gasteiger partial charge in [0.25, 0.3) is 11.8 Å². The third-order valence-corrected chi connectivity index (χ3v) is 3.91. The molecule has 0 radical (unpaired) electrons. The molecule has 1 aromatic heterocycles. The standard InChI is InChI=1S/C20H19N3O5/c1-12-9-18(23-28-12)22-20(25)14-6-4-5-13(10-14)19(24)21-16-8-7-15(26-2)11-17(16)27-3/h4-11H,1-3H3,(H,21,24)(H,22,23,25). The van der Waals surface area contributed by atoms with Crippen LogP contribution in [0.2, 0.25) is 0 Å². The smallest absolute Gasteiger partial charge is 0.256 e. The lowest BCUT2D eigenvalue weighted by atomic mass is 10.1. The first-order valence-corrected chi connectivity index (χ1v) is 8.38. The van der Waals surface area contributed by atoms with Crippen molar-refractivity contribution in [3.8, 4) is 11.5 Å². The zero-order valence-electron chi connectivity index (χ0n) is 15.6. The van der Waals surface area contributed by atoms with E-state index < -0.39 is 5.91 Å². The fourth-order valence-corrected chi connectivity index (χ4v) is 2.51. The SMILES string of the molecule is COc1ccc(NC(=O)c2cccc(C(=O)Nc3cc(C)on3)c2)c(OC)c1. The van der Waals surface area contributed by atoms with Crippen molar-refractivity contribution in [3.05, 3.63) is 65.4 Å². The Morgan fingerprint density at radius 1 is 0.929 bits per heavy atom. The molecule has 2 amide bonds. The predicted octanol–water partition coefficient (Wildman–Crippen LogP) is 3.50. The number of nitrogens with one attached hydrogen (secondary N) is 2. The highest BCUT2D eigenvalue weighted by Gasteiger charge is 2.14. The monoisotopic (exact) mass is 381 g/mol. The number of hydrogen-bond donors (Lipinski definition) is 2. The van der Waals surface area contributed by atoms with Gasteiger partial charge in [0.15, 0.2) is 5.82 Å². The second kappa shape index (κ2) is 8.26. The van der Waals surface area contributed by atoms with Gasteiger partial charge in [0.2, 0.25) is 0 Å². The normalized spacial score (nSPS) is 10.2. The highest BCUT2D eigenvalue weighted by Crippen LogP contribution is 2.29. The van der Waals surface area contributed by atoms with E-state index in [1.807, 2.05) is 0 Å². The maximum atomic E-state index is 12.6. The Bertz CT molecular complexity index is 1010. The molecule has 2 N–H and O–H groups in total. The summed E-state index contributed by atoms with van der Waals surface area (Å²) in [5, 5.41) is 9.10. The predicted molar refractivity (Wildman–Crippen MR) is 103 cm³/mol. The second-order valence-electron chi connectivity index (χ2n) is 5.88. The van der Waals surface area contributed by atoms with Crippen molar-refractivity contribution in [2.24, 2.45) is 0 Å².